The fourth-order valence-corrected chi connectivity index (χ4v) is 4.96. The molecule has 2 unspecified atom stereocenters. The molecule has 0 N–H and O–H groups in total. The van der Waals surface area contributed by atoms with Gasteiger partial charge < -0.3 is 4.90 Å². The zero-order valence-electron chi connectivity index (χ0n) is 16.9. The zero-order chi connectivity index (χ0) is 21.4. The van der Waals surface area contributed by atoms with Gasteiger partial charge >= 0.3 is 0 Å². The lowest BCUT2D eigenvalue weighted by Crippen LogP contribution is -2.41. The number of nitrogens with zero attached hydrogens (tertiary/aromatic N) is 3. The van der Waals surface area contributed by atoms with E-state index in [9.17, 15) is 9.59 Å². The molecule has 30 heavy (non-hydrogen) atoms. The van der Waals surface area contributed by atoms with E-state index < -0.39 is 0 Å². The number of hydrogen-bond acceptors (Lipinski definition) is 4. The van der Waals surface area contributed by atoms with Crippen molar-refractivity contribution in [2.45, 2.75) is 26.8 Å². The van der Waals surface area contributed by atoms with E-state index in [0.29, 0.717) is 38.7 Å². The van der Waals surface area contributed by atoms with Crippen LogP contribution in [0.3, 0.4) is 0 Å². The van der Waals surface area contributed by atoms with Crippen LogP contribution in [0.2, 0.25) is 10.0 Å². The van der Waals surface area contributed by atoms with E-state index in [2.05, 4.69) is 23.7 Å². The van der Waals surface area contributed by atoms with Crippen LogP contribution in [-0.2, 0) is 16.1 Å². The Balaban J connectivity index is 1.79. The molecule has 0 bridgehead atoms. The number of halogens is 2. The Kier molecular flexibility index (Phi) is 5.85. The van der Waals surface area contributed by atoms with Gasteiger partial charge in [0.05, 0.1) is 17.1 Å². The minimum Gasteiger partial charge on any atom is -0.366 e. The Hall–Kier alpha value is -2.37. The fourth-order valence-electron chi connectivity index (χ4n) is 4.45. The lowest BCUT2D eigenvalue weighted by atomic mass is 9.91. The standard InChI is InChI=1S/C23H23Cl2N3O2/c1-14-8-15(2)12-27(11-14)21-20(18-6-5-17(24)9-19(18)25)22(29)28(23(21)30)13-16-4-3-7-26-10-16/h3-7,9-10,14-15H,8,11-13H2,1-2H3. The van der Waals surface area contributed by atoms with Crippen LogP contribution in [0.5, 0.6) is 0 Å². The number of carbonyl (C=O) groups is 2. The molecule has 0 saturated carbocycles. The van der Waals surface area contributed by atoms with Gasteiger partial charge in [0, 0.05) is 36.1 Å². The SMILES string of the molecule is CC1CC(C)CN(C2=C(c3ccc(Cl)cc3Cl)C(=O)N(Cc3cccnc3)C2=O)C1. The highest BCUT2D eigenvalue weighted by Crippen LogP contribution is 2.38. The van der Waals surface area contributed by atoms with Gasteiger partial charge in [0.25, 0.3) is 11.8 Å². The summed E-state index contributed by atoms with van der Waals surface area (Å²) in [6.07, 6.45) is 4.43. The molecule has 1 aromatic carbocycles. The number of likely N-dealkylation sites (tertiary alicyclic amines) is 1. The third kappa shape index (κ3) is 3.96. The maximum absolute atomic E-state index is 13.5. The van der Waals surface area contributed by atoms with E-state index in [0.717, 1.165) is 25.1 Å². The van der Waals surface area contributed by atoms with Crippen LogP contribution in [0.4, 0.5) is 0 Å². The van der Waals surface area contributed by atoms with Crippen LogP contribution in [0.25, 0.3) is 5.57 Å². The largest absolute Gasteiger partial charge is 0.366 e. The van der Waals surface area contributed by atoms with Gasteiger partial charge in [-0.2, -0.15) is 0 Å². The quantitative estimate of drug-likeness (QED) is 0.645. The predicted molar refractivity (Wildman–Crippen MR) is 118 cm³/mol. The molecule has 4 rings (SSSR count). The molecule has 2 aliphatic heterocycles. The first-order chi connectivity index (χ1) is 14.3. The summed E-state index contributed by atoms with van der Waals surface area (Å²) in [4.78, 5) is 34.4. The van der Waals surface area contributed by atoms with Gasteiger partial charge in [-0.05, 0) is 42.0 Å². The number of aromatic nitrogens is 1. The van der Waals surface area contributed by atoms with Crippen molar-refractivity contribution in [3.63, 3.8) is 0 Å². The second-order valence-electron chi connectivity index (χ2n) is 8.26. The summed E-state index contributed by atoms with van der Waals surface area (Å²) < 4.78 is 0. The summed E-state index contributed by atoms with van der Waals surface area (Å²) in [6.45, 7) is 5.98. The second kappa shape index (κ2) is 8.40. The van der Waals surface area contributed by atoms with E-state index >= 15 is 0 Å². The predicted octanol–water partition coefficient (Wildman–Crippen LogP) is 4.65. The first kappa shape index (κ1) is 20.9. The van der Waals surface area contributed by atoms with Crippen molar-refractivity contribution in [2.75, 3.05) is 13.1 Å². The Labute approximate surface area is 186 Å². The monoisotopic (exact) mass is 443 g/mol. The number of rotatable bonds is 4. The van der Waals surface area contributed by atoms with Gasteiger partial charge in [0.2, 0.25) is 0 Å². The lowest BCUT2D eigenvalue weighted by molar-refractivity contribution is -0.138. The smallest absolute Gasteiger partial charge is 0.278 e. The molecule has 1 aromatic heterocycles. The van der Waals surface area contributed by atoms with E-state index in [1.165, 1.54) is 4.90 Å². The van der Waals surface area contributed by atoms with Crippen LogP contribution in [0.1, 0.15) is 31.4 Å². The minimum atomic E-state index is -0.339. The highest BCUT2D eigenvalue weighted by molar-refractivity contribution is 6.41. The van der Waals surface area contributed by atoms with E-state index in [1.54, 1.807) is 36.7 Å². The molecule has 2 aromatic rings. The molecular formula is C23H23Cl2N3O2. The molecule has 0 aliphatic carbocycles. The first-order valence-electron chi connectivity index (χ1n) is 10.0. The summed E-state index contributed by atoms with van der Waals surface area (Å²) in [5.41, 5.74) is 2.12. The zero-order valence-corrected chi connectivity index (χ0v) is 18.5. The molecule has 0 radical (unpaired) electrons. The Morgan fingerprint density at radius 3 is 2.43 bits per heavy atom. The molecule has 1 fully saturated rings. The molecule has 5 nitrogen and oxygen atoms in total. The third-order valence-electron chi connectivity index (χ3n) is 5.59. The summed E-state index contributed by atoms with van der Waals surface area (Å²) in [6, 6.07) is 8.66. The molecule has 7 heteroatoms. The van der Waals surface area contributed by atoms with Crippen molar-refractivity contribution >= 4 is 40.6 Å². The van der Waals surface area contributed by atoms with Crippen molar-refractivity contribution in [2.24, 2.45) is 11.8 Å². The van der Waals surface area contributed by atoms with Crippen molar-refractivity contribution in [3.8, 4) is 0 Å². The number of benzene rings is 1. The maximum Gasteiger partial charge on any atom is 0.278 e. The number of hydrogen-bond donors (Lipinski definition) is 0. The Morgan fingerprint density at radius 1 is 1.07 bits per heavy atom. The van der Waals surface area contributed by atoms with Gasteiger partial charge in [-0.1, -0.05) is 49.2 Å². The van der Waals surface area contributed by atoms with Crippen LogP contribution < -0.4 is 0 Å². The molecule has 3 heterocycles. The molecule has 1 saturated heterocycles. The third-order valence-corrected chi connectivity index (χ3v) is 6.14. The normalized spacial score (nSPS) is 22.3. The Bertz CT molecular complexity index is 1010. The minimum absolute atomic E-state index is 0.169. The Morgan fingerprint density at radius 2 is 1.80 bits per heavy atom. The summed E-state index contributed by atoms with van der Waals surface area (Å²) in [7, 11) is 0. The van der Waals surface area contributed by atoms with E-state index in [4.69, 9.17) is 23.2 Å². The average Bonchev–Trinajstić information content (AvgIpc) is 2.93. The van der Waals surface area contributed by atoms with Crippen LogP contribution in [0.15, 0.2) is 48.4 Å². The molecular weight excluding hydrogens is 421 g/mol. The van der Waals surface area contributed by atoms with Crippen LogP contribution >= 0.6 is 23.2 Å². The molecule has 2 aliphatic rings. The van der Waals surface area contributed by atoms with Gasteiger partial charge in [-0.15, -0.1) is 0 Å². The first-order valence-corrected chi connectivity index (χ1v) is 10.8. The summed E-state index contributed by atoms with van der Waals surface area (Å²) in [5, 5.41) is 0.840. The van der Waals surface area contributed by atoms with Crippen molar-refractivity contribution < 1.29 is 9.59 Å². The van der Waals surface area contributed by atoms with E-state index in [1.807, 2.05) is 6.07 Å². The summed E-state index contributed by atoms with van der Waals surface area (Å²) >= 11 is 12.5. The number of carbonyl (C=O) groups excluding carboxylic acids is 2. The van der Waals surface area contributed by atoms with Crippen molar-refractivity contribution in [1.82, 2.24) is 14.8 Å². The van der Waals surface area contributed by atoms with E-state index in [-0.39, 0.29) is 18.4 Å². The molecule has 0 spiro atoms. The van der Waals surface area contributed by atoms with Gasteiger partial charge in [-0.25, -0.2) is 0 Å². The van der Waals surface area contributed by atoms with Crippen molar-refractivity contribution in [1.29, 1.82) is 0 Å². The van der Waals surface area contributed by atoms with Gasteiger partial charge in [0.15, 0.2) is 0 Å². The second-order valence-corrected chi connectivity index (χ2v) is 9.10. The summed E-state index contributed by atoms with van der Waals surface area (Å²) in [5.74, 6) is 0.233. The average molecular weight is 444 g/mol. The van der Waals surface area contributed by atoms with Crippen LogP contribution in [-0.4, -0.2) is 39.7 Å². The lowest BCUT2D eigenvalue weighted by Gasteiger charge is -2.37. The number of pyridine rings is 1. The fraction of sp³-hybridized carbons (Fsp3) is 0.348. The van der Waals surface area contributed by atoms with Crippen LogP contribution in [0, 0.1) is 11.8 Å². The number of imide groups is 1. The highest BCUT2D eigenvalue weighted by Gasteiger charge is 2.43. The number of piperidine rings is 1. The maximum atomic E-state index is 13.5. The number of amides is 2. The molecule has 2 atom stereocenters. The van der Waals surface area contributed by atoms with Gasteiger partial charge in [-0.3, -0.25) is 19.5 Å². The highest BCUT2D eigenvalue weighted by atomic mass is 35.5. The van der Waals surface area contributed by atoms with Crippen molar-refractivity contribution in [3.05, 3.63) is 69.6 Å². The molecule has 2 amide bonds. The molecule has 156 valence electrons. The van der Waals surface area contributed by atoms with Gasteiger partial charge in [0.1, 0.15) is 5.70 Å². The topological polar surface area (TPSA) is 53.5 Å².